The molecule has 0 aliphatic rings. The second-order valence-corrected chi connectivity index (χ2v) is 9.08. The van der Waals surface area contributed by atoms with Gasteiger partial charge in [-0.3, -0.25) is 4.79 Å². The van der Waals surface area contributed by atoms with Gasteiger partial charge in [-0.2, -0.15) is 0 Å². The second kappa shape index (κ2) is 10.6. The third kappa shape index (κ3) is 5.16. The number of anilines is 3. The number of hydrogen-bond donors (Lipinski definition) is 4. The quantitative estimate of drug-likeness (QED) is 0.179. The molecule has 196 valence electrons. The molecule has 40 heavy (non-hydrogen) atoms. The van der Waals surface area contributed by atoms with Crippen LogP contribution in [0, 0.1) is 0 Å². The first-order valence-corrected chi connectivity index (χ1v) is 12.5. The van der Waals surface area contributed by atoms with E-state index in [-0.39, 0.29) is 12.5 Å². The zero-order chi connectivity index (χ0) is 27.5. The molecule has 0 spiro atoms. The maximum atomic E-state index is 12.7. The number of amides is 2. The zero-order valence-corrected chi connectivity index (χ0v) is 21.1. The maximum absolute atomic E-state index is 12.7. The minimum Gasteiger partial charge on any atom is -0.465 e. The van der Waals surface area contributed by atoms with E-state index in [9.17, 15) is 9.59 Å². The van der Waals surface area contributed by atoms with E-state index in [0.717, 1.165) is 38.9 Å². The van der Waals surface area contributed by atoms with Gasteiger partial charge in [0.05, 0.1) is 5.69 Å². The van der Waals surface area contributed by atoms with Crippen molar-refractivity contribution in [1.29, 1.82) is 0 Å². The van der Waals surface area contributed by atoms with Gasteiger partial charge in [0.2, 0.25) is 0 Å². The van der Waals surface area contributed by atoms with Gasteiger partial charge >= 0.3 is 6.09 Å². The molecule has 2 amide bonds. The molecule has 0 saturated heterocycles. The molecule has 0 bridgehead atoms. The van der Waals surface area contributed by atoms with Gasteiger partial charge in [-0.15, -0.1) is 0 Å². The van der Waals surface area contributed by atoms with Crippen LogP contribution in [0.2, 0.25) is 0 Å². The Bertz CT molecular complexity index is 1860. The van der Waals surface area contributed by atoms with Gasteiger partial charge in [0.25, 0.3) is 5.91 Å². The summed E-state index contributed by atoms with van der Waals surface area (Å²) in [6.45, 7) is 0.120. The number of furan rings is 1. The maximum Gasteiger partial charge on any atom is 0.404 e. The molecule has 9 nitrogen and oxygen atoms in total. The molecule has 9 heteroatoms. The molecular weight excluding hydrogens is 506 g/mol. The van der Waals surface area contributed by atoms with Crippen molar-refractivity contribution in [3.05, 3.63) is 115 Å². The van der Waals surface area contributed by atoms with Gasteiger partial charge in [0, 0.05) is 45.9 Å². The van der Waals surface area contributed by atoms with Crippen LogP contribution in [0.5, 0.6) is 0 Å². The van der Waals surface area contributed by atoms with Crippen molar-refractivity contribution in [2.45, 2.75) is 6.54 Å². The summed E-state index contributed by atoms with van der Waals surface area (Å²) in [6.07, 6.45) is 0.388. The highest BCUT2D eigenvalue weighted by Crippen LogP contribution is 2.35. The van der Waals surface area contributed by atoms with E-state index in [0.29, 0.717) is 22.6 Å². The topological polar surface area (TPSA) is 129 Å². The van der Waals surface area contributed by atoms with Crippen LogP contribution in [0.1, 0.15) is 15.9 Å². The van der Waals surface area contributed by atoms with Crippen LogP contribution >= 0.6 is 0 Å². The fourth-order valence-corrected chi connectivity index (χ4v) is 4.51. The normalized spacial score (nSPS) is 10.9. The smallest absolute Gasteiger partial charge is 0.404 e. The van der Waals surface area contributed by atoms with Crippen molar-refractivity contribution >= 4 is 51.1 Å². The number of carbonyl (C=O) groups excluding carboxylic acids is 1. The molecule has 4 N–H and O–H groups in total. The van der Waals surface area contributed by atoms with Crippen LogP contribution in [0.4, 0.5) is 22.0 Å². The lowest BCUT2D eigenvalue weighted by molar-refractivity contribution is 0.102. The average molecular weight is 530 g/mol. The third-order valence-corrected chi connectivity index (χ3v) is 6.40. The Kier molecular flexibility index (Phi) is 6.51. The highest BCUT2D eigenvalue weighted by Gasteiger charge is 2.13. The molecule has 2 heterocycles. The van der Waals surface area contributed by atoms with E-state index in [1.54, 1.807) is 36.4 Å². The van der Waals surface area contributed by atoms with Gasteiger partial charge < -0.3 is 25.5 Å². The highest BCUT2D eigenvalue weighted by atomic mass is 16.4. The van der Waals surface area contributed by atoms with Gasteiger partial charge in [0.15, 0.2) is 0 Å². The molecule has 0 radical (unpaired) electrons. The number of nitrogens with one attached hydrogen (secondary N) is 3. The number of nitrogens with zero attached hydrogens (tertiary/aromatic N) is 2. The molecule has 6 aromatic rings. The van der Waals surface area contributed by atoms with E-state index in [1.807, 2.05) is 60.7 Å². The van der Waals surface area contributed by atoms with Crippen LogP contribution < -0.4 is 16.0 Å². The van der Waals surface area contributed by atoms with Crippen LogP contribution in [-0.2, 0) is 6.54 Å². The summed E-state index contributed by atoms with van der Waals surface area (Å²) in [6, 6.07) is 29.9. The molecule has 0 fully saturated rings. The first-order valence-electron chi connectivity index (χ1n) is 12.5. The Morgan fingerprint density at radius 3 is 2.42 bits per heavy atom. The fraction of sp³-hybridized carbons (Fsp3) is 0.0323. The van der Waals surface area contributed by atoms with Gasteiger partial charge in [-0.25, -0.2) is 14.8 Å². The summed E-state index contributed by atoms with van der Waals surface area (Å²) in [4.78, 5) is 32.3. The van der Waals surface area contributed by atoms with Crippen molar-refractivity contribution in [3.8, 4) is 11.3 Å². The number of hydrogen-bond acceptors (Lipinski definition) is 6. The van der Waals surface area contributed by atoms with Gasteiger partial charge in [-0.1, -0.05) is 42.5 Å². The summed E-state index contributed by atoms with van der Waals surface area (Å²) in [7, 11) is 0. The minimum atomic E-state index is -1.12. The Labute approximate surface area is 228 Å². The van der Waals surface area contributed by atoms with Gasteiger partial charge in [0.1, 0.15) is 23.3 Å². The summed E-state index contributed by atoms with van der Waals surface area (Å²) < 4.78 is 6.16. The average Bonchev–Trinajstić information content (AvgIpc) is 3.36. The molecule has 2 aromatic heterocycles. The molecule has 0 atom stereocenters. The van der Waals surface area contributed by atoms with Crippen LogP contribution in [-0.4, -0.2) is 27.1 Å². The number of carboxylic acid groups (broad SMARTS) is 1. The van der Waals surface area contributed by atoms with E-state index in [1.165, 1.54) is 6.33 Å². The van der Waals surface area contributed by atoms with E-state index >= 15 is 0 Å². The molecule has 0 unspecified atom stereocenters. The van der Waals surface area contributed by atoms with E-state index in [2.05, 4.69) is 25.9 Å². The third-order valence-electron chi connectivity index (χ3n) is 6.40. The first kappa shape index (κ1) is 24.6. The van der Waals surface area contributed by atoms with Crippen molar-refractivity contribution in [1.82, 2.24) is 15.3 Å². The van der Waals surface area contributed by atoms with Crippen molar-refractivity contribution < 1.29 is 19.1 Å². The molecule has 0 saturated carbocycles. The largest absolute Gasteiger partial charge is 0.465 e. The number of para-hydroxylation sites is 2. The van der Waals surface area contributed by atoms with Gasteiger partial charge in [-0.05, 0) is 54.1 Å². The Balaban J connectivity index is 1.16. The lowest BCUT2D eigenvalue weighted by Gasteiger charge is -2.10. The Hall–Kier alpha value is -5.70. The number of aromatic nitrogens is 2. The molecule has 0 aliphatic carbocycles. The highest BCUT2D eigenvalue weighted by molar-refractivity contribution is 6.09. The molecular formula is C31H23N5O4. The van der Waals surface area contributed by atoms with Crippen LogP contribution in [0.3, 0.4) is 0 Å². The molecule has 6 rings (SSSR count). The lowest BCUT2D eigenvalue weighted by Crippen LogP contribution is -2.20. The SMILES string of the molecule is O=C(O)NCc1cccc(C(=O)Nc2ccc(Nc3cc(-c4cccc5c4oc4ccccc45)ncn3)cc2)c1. The van der Waals surface area contributed by atoms with E-state index < -0.39 is 6.09 Å². The van der Waals surface area contributed by atoms with E-state index in [4.69, 9.17) is 9.52 Å². The van der Waals surface area contributed by atoms with Crippen molar-refractivity contribution in [2.75, 3.05) is 10.6 Å². The Morgan fingerprint density at radius 1 is 0.800 bits per heavy atom. The summed E-state index contributed by atoms with van der Waals surface area (Å²) in [5.74, 6) is 0.319. The van der Waals surface area contributed by atoms with Crippen molar-refractivity contribution in [3.63, 3.8) is 0 Å². The van der Waals surface area contributed by atoms with Crippen LogP contribution in [0.25, 0.3) is 33.2 Å². The Morgan fingerprint density at radius 2 is 1.57 bits per heavy atom. The lowest BCUT2D eigenvalue weighted by atomic mass is 10.1. The summed E-state index contributed by atoms with van der Waals surface area (Å²) in [5, 5.41) is 19.3. The second-order valence-electron chi connectivity index (χ2n) is 9.08. The summed E-state index contributed by atoms with van der Waals surface area (Å²) >= 11 is 0. The predicted octanol–water partition coefficient (Wildman–Crippen LogP) is 6.81. The minimum absolute atomic E-state index is 0.120. The number of rotatable bonds is 7. The number of fused-ring (bicyclic) bond motifs is 3. The molecule has 0 aliphatic heterocycles. The fourth-order valence-electron chi connectivity index (χ4n) is 4.51. The number of benzene rings is 4. The predicted molar refractivity (Wildman–Crippen MR) is 154 cm³/mol. The summed E-state index contributed by atoms with van der Waals surface area (Å²) in [5.41, 5.74) is 5.72. The standard InChI is InChI=1S/C31H23N5O4/c37-30(20-6-3-5-19(15-20)17-32-31(38)39)36-22-13-11-21(12-14-22)35-28-16-26(33-18-34-28)25-9-4-8-24-23-7-1-2-10-27(23)40-29(24)25/h1-16,18,32H,17H2,(H,36,37)(H,38,39)(H,33,34,35). The first-order chi connectivity index (χ1) is 19.5. The monoisotopic (exact) mass is 529 g/mol. The van der Waals surface area contributed by atoms with Crippen LogP contribution in [0.15, 0.2) is 108 Å². The van der Waals surface area contributed by atoms with Crippen molar-refractivity contribution in [2.24, 2.45) is 0 Å². The molecule has 4 aromatic carbocycles. The number of carbonyl (C=O) groups is 2. The zero-order valence-electron chi connectivity index (χ0n) is 21.1.